The molecule has 172 valence electrons. The van der Waals surface area contributed by atoms with E-state index in [0.29, 0.717) is 11.8 Å². The molecule has 1 atom stereocenters. The van der Waals surface area contributed by atoms with E-state index in [-0.39, 0.29) is 12.0 Å². The van der Waals surface area contributed by atoms with Gasteiger partial charge < -0.3 is 14.5 Å². The second-order valence-electron chi connectivity index (χ2n) is 10.3. The first-order valence-electron chi connectivity index (χ1n) is 12.0. The van der Waals surface area contributed by atoms with Gasteiger partial charge in [-0.1, -0.05) is 30.7 Å². The maximum Gasteiger partial charge on any atom is 0.410 e. The zero-order valence-corrected chi connectivity index (χ0v) is 20.1. The lowest BCUT2D eigenvalue weighted by atomic mass is 9.82. The van der Waals surface area contributed by atoms with E-state index in [4.69, 9.17) is 4.74 Å². The maximum atomic E-state index is 13.1. The van der Waals surface area contributed by atoms with E-state index in [1.165, 1.54) is 16.7 Å². The number of likely N-dealkylation sites (tertiary alicyclic amines) is 2. The molecule has 0 saturated carbocycles. The van der Waals surface area contributed by atoms with Crippen molar-refractivity contribution in [3.63, 3.8) is 0 Å². The molecule has 0 bridgehead atoms. The molecule has 2 aliphatic heterocycles. The van der Waals surface area contributed by atoms with Gasteiger partial charge in [0, 0.05) is 32.1 Å². The maximum absolute atomic E-state index is 13.1. The van der Waals surface area contributed by atoms with Crippen molar-refractivity contribution in [2.45, 2.75) is 84.7 Å². The first kappa shape index (κ1) is 23.6. The number of carbonyl (C=O) groups is 2. The standard InChI is InChI=1S/C26H40N2O3/c1-6-20(24(29)27-13-7-8-14-27)18-22-17-19(2)9-10-23(22)21-11-15-28(16-12-21)25(30)31-26(3,4)5/h9-10,17,20-21H,6-8,11-16,18H2,1-5H3. The minimum absolute atomic E-state index is 0.0560. The third-order valence-corrected chi connectivity index (χ3v) is 6.61. The lowest BCUT2D eigenvalue weighted by Crippen LogP contribution is -2.41. The number of ether oxygens (including phenoxy) is 1. The first-order chi connectivity index (χ1) is 14.7. The summed E-state index contributed by atoms with van der Waals surface area (Å²) in [7, 11) is 0. The molecule has 2 aliphatic rings. The van der Waals surface area contributed by atoms with Crippen LogP contribution in [0.3, 0.4) is 0 Å². The number of carbonyl (C=O) groups excluding carboxylic acids is 2. The van der Waals surface area contributed by atoms with Crippen molar-refractivity contribution >= 4 is 12.0 Å². The lowest BCUT2D eigenvalue weighted by molar-refractivity contribution is -0.134. The predicted octanol–water partition coefficient (Wildman–Crippen LogP) is 5.30. The summed E-state index contributed by atoms with van der Waals surface area (Å²) >= 11 is 0. The Labute approximate surface area is 188 Å². The molecule has 2 amide bonds. The molecule has 2 heterocycles. The predicted molar refractivity (Wildman–Crippen MR) is 124 cm³/mol. The number of benzene rings is 1. The summed E-state index contributed by atoms with van der Waals surface area (Å²) in [5.74, 6) is 0.807. The number of aryl methyl sites for hydroxylation is 1. The summed E-state index contributed by atoms with van der Waals surface area (Å²) in [4.78, 5) is 29.4. The van der Waals surface area contributed by atoms with Crippen molar-refractivity contribution in [2.75, 3.05) is 26.2 Å². The molecule has 5 nitrogen and oxygen atoms in total. The molecule has 0 spiro atoms. The van der Waals surface area contributed by atoms with E-state index in [0.717, 1.165) is 64.7 Å². The zero-order valence-electron chi connectivity index (χ0n) is 20.1. The molecule has 1 unspecified atom stereocenters. The molecule has 3 rings (SSSR count). The van der Waals surface area contributed by atoms with Crippen LogP contribution in [-0.2, 0) is 16.0 Å². The Morgan fingerprint density at radius 1 is 1.06 bits per heavy atom. The van der Waals surface area contributed by atoms with Crippen LogP contribution in [0.4, 0.5) is 4.79 Å². The molecule has 0 aromatic heterocycles. The van der Waals surface area contributed by atoms with Gasteiger partial charge in [-0.05, 0) is 83.3 Å². The van der Waals surface area contributed by atoms with Crippen molar-refractivity contribution in [1.82, 2.24) is 9.80 Å². The minimum Gasteiger partial charge on any atom is -0.444 e. The van der Waals surface area contributed by atoms with Gasteiger partial charge >= 0.3 is 6.09 Å². The van der Waals surface area contributed by atoms with Gasteiger partial charge in [0.25, 0.3) is 0 Å². The Bertz CT molecular complexity index is 769. The summed E-state index contributed by atoms with van der Waals surface area (Å²) in [6, 6.07) is 6.71. The Kier molecular flexibility index (Phi) is 7.66. The number of amides is 2. The number of rotatable bonds is 5. The quantitative estimate of drug-likeness (QED) is 0.639. The third kappa shape index (κ3) is 6.24. The van der Waals surface area contributed by atoms with Crippen LogP contribution >= 0.6 is 0 Å². The number of piperidine rings is 1. The van der Waals surface area contributed by atoms with Gasteiger partial charge in [-0.15, -0.1) is 0 Å². The molecule has 1 aromatic carbocycles. The SMILES string of the molecule is CCC(Cc1cc(C)ccc1C1CCN(C(=O)OC(C)(C)C)CC1)C(=O)N1CCCC1. The molecule has 0 aliphatic carbocycles. The summed E-state index contributed by atoms with van der Waals surface area (Å²) in [6.07, 6.45) is 5.62. The minimum atomic E-state index is -0.463. The molecule has 0 N–H and O–H groups in total. The van der Waals surface area contributed by atoms with Crippen molar-refractivity contribution in [2.24, 2.45) is 5.92 Å². The van der Waals surface area contributed by atoms with Crippen molar-refractivity contribution < 1.29 is 14.3 Å². The van der Waals surface area contributed by atoms with E-state index in [2.05, 4.69) is 36.9 Å². The zero-order chi connectivity index (χ0) is 22.6. The monoisotopic (exact) mass is 428 g/mol. The van der Waals surface area contributed by atoms with Gasteiger partial charge in [0.2, 0.25) is 5.91 Å². The Hall–Kier alpha value is -2.04. The van der Waals surface area contributed by atoms with Gasteiger partial charge in [0.05, 0.1) is 0 Å². The van der Waals surface area contributed by atoms with Crippen LogP contribution in [0.5, 0.6) is 0 Å². The summed E-state index contributed by atoms with van der Waals surface area (Å²) in [5.41, 5.74) is 3.46. The molecular weight excluding hydrogens is 388 g/mol. The number of nitrogens with zero attached hydrogens (tertiary/aromatic N) is 2. The normalized spacial score (nSPS) is 18.9. The Morgan fingerprint density at radius 2 is 1.71 bits per heavy atom. The van der Waals surface area contributed by atoms with Gasteiger partial charge in [0.1, 0.15) is 5.60 Å². The van der Waals surface area contributed by atoms with Gasteiger partial charge in [-0.2, -0.15) is 0 Å². The summed E-state index contributed by atoms with van der Waals surface area (Å²) in [5, 5.41) is 0. The van der Waals surface area contributed by atoms with E-state index >= 15 is 0 Å². The van der Waals surface area contributed by atoms with Crippen LogP contribution in [0.15, 0.2) is 18.2 Å². The van der Waals surface area contributed by atoms with E-state index < -0.39 is 5.60 Å². The molecule has 5 heteroatoms. The molecular formula is C26H40N2O3. The van der Waals surface area contributed by atoms with Crippen LogP contribution in [0.1, 0.15) is 82.4 Å². The highest BCUT2D eigenvalue weighted by Gasteiger charge is 2.30. The molecule has 2 fully saturated rings. The fourth-order valence-electron chi connectivity index (χ4n) is 4.88. The number of hydrogen-bond acceptors (Lipinski definition) is 3. The van der Waals surface area contributed by atoms with Gasteiger partial charge in [0.15, 0.2) is 0 Å². The highest BCUT2D eigenvalue weighted by molar-refractivity contribution is 5.79. The van der Waals surface area contributed by atoms with Crippen LogP contribution in [0, 0.1) is 12.8 Å². The van der Waals surface area contributed by atoms with Gasteiger partial charge in [-0.25, -0.2) is 4.79 Å². The van der Waals surface area contributed by atoms with E-state index in [1.54, 1.807) is 0 Å². The second kappa shape index (κ2) is 10.1. The van der Waals surface area contributed by atoms with E-state index in [9.17, 15) is 9.59 Å². The highest BCUT2D eigenvalue weighted by Crippen LogP contribution is 2.33. The first-order valence-corrected chi connectivity index (χ1v) is 12.0. The Balaban J connectivity index is 1.69. The van der Waals surface area contributed by atoms with Crippen molar-refractivity contribution in [1.29, 1.82) is 0 Å². The number of hydrogen-bond donors (Lipinski definition) is 0. The van der Waals surface area contributed by atoms with Crippen LogP contribution in [0.25, 0.3) is 0 Å². The van der Waals surface area contributed by atoms with Crippen LogP contribution in [-0.4, -0.2) is 53.6 Å². The largest absolute Gasteiger partial charge is 0.444 e. The van der Waals surface area contributed by atoms with E-state index in [1.807, 2.05) is 25.7 Å². The third-order valence-electron chi connectivity index (χ3n) is 6.61. The fourth-order valence-corrected chi connectivity index (χ4v) is 4.88. The van der Waals surface area contributed by atoms with Crippen LogP contribution in [0.2, 0.25) is 0 Å². The molecule has 0 radical (unpaired) electrons. The average molecular weight is 429 g/mol. The summed E-state index contributed by atoms with van der Waals surface area (Å²) < 4.78 is 5.54. The molecule has 1 aromatic rings. The topological polar surface area (TPSA) is 49.9 Å². The highest BCUT2D eigenvalue weighted by atomic mass is 16.6. The fraction of sp³-hybridized carbons (Fsp3) is 0.692. The lowest BCUT2D eigenvalue weighted by Gasteiger charge is -2.34. The van der Waals surface area contributed by atoms with Crippen LogP contribution < -0.4 is 0 Å². The van der Waals surface area contributed by atoms with Crippen molar-refractivity contribution in [3.05, 3.63) is 34.9 Å². The smallest absolute Gasteiger partial charge is 0.410 e. The van der Waals surface area contributed by atoms with Gasteiger partial charge in [-0.3, -0.25) is 4.79 Å². The second-order valence-corrected chi connectivity index (χ2v) is 10.3. The molecule has 2 saturated heterocycles. The Morgan fingerprint density at radius 3 is 2.29 bits per heavy atom. The average Bonchev–Trinajstić information content (AvgIpc) is 3.25. The molecule has 31 heavy (non-hydrogen) atoms. The summed E-state index contributed by atoms with van der Waals surface area (Å²) in [6.45, 7) is 13.2. The van der Waals surface area contributed by atoms with Crippen molar-refractivity contribution in [3.8, 4) is 0 Å².